The van der Waals surface area contributed by atoms with Gasteiger partial charge >= 0.3 is 0 Å². The molecule has 1 saturated heterocycles. The zero-order valence-electron chi connectivity index (χ0n) is 15.5. The second-order valence-corrected chi connectivity index (χ2v) is 7.18. The quantitative estimate of drug-likeness (QED) is 0.790. The Morgan fingerprint density at radius 1 is 1.27 bits per heavy atom. The minimum atomic E-state index is -0.0684. The Kier molecular flexibility index (Phi) is 4.91. The monoisotopic (exact) mass is 357 g/mol. The first-order valence-corrected chi connectivity index (χ1v) is 9.47. The van der Waals surface area contributed by atoms with Crippen LogP contribution in [-0.4, -0.2) is 56.0 Å². The molecule has 7 nitrogen and oxygen atoms in total. The number of aromatic nitrogens is 4. The predicted octanol–water partition coefficient (Wildman–Crippen LogP) is 2.28. The van der Waals surface area contributed by atoms with E-state index in [1.807, 2.05) is 30.0 Å². The molecular formula is C19H27N5O2. The van der Waals surface area contributed by atoms with Crippen molar-refractivity contribution in [3.8, 4) is 5.88 Å². The zero-order valence-corrected chi connectivity index (χ0v) is 15.5. The van der Waals surface area contributed by atoms with E-state index in [9.17, 15) is 0 Å². The molecule has 0 amide bonds. The number of hydrogen-bond acceptors (Lipinski definition) is 6. The standard InChI is InChI=1S/C19H27N5O2/c1-3-24-17(21-14-22-24)13-23-11-9-19(25-2)8-7-15(12-16(19)23)26-18-6-4-5-10-20-18/h4-6,10,14-16H,3,7-9,11-13H2,1-2H3/t15-,16+,19-/m1/s1. The van der Waals surface area contributed by atoms with E-state index < -0.39 is 0 Å². The van der Waals surface area contributed by atoms with Crippen LogP contribution in [0.3, 0.4) is 0 Å². The fourth-order valence-corrected chi connectivity index (χ4v) is 4.50. The number of methoxy groups -OCH3 is 1. The van der Waals surface area contributed by atoms with Gasteiger partial charge in [-0.25, -0.2) is 14.6 Å². The maximum atomic E-state index is 6.15. The lowest BCUT2D eigenvalue weighted by Crippen LogP contribution is -2.52. The summed E-state index contributed by atoms with van der Waals surface area (Å²) in [5.74, 6) is 1.73. The summed E-state index contributed by atoms with van der Waals surface area (Å²) < 4.78 is 14.2. The molecule has 0 spiro atoms. The topological polar surface area (TPSA) is 65.3 Å². The second kappa shape index (κ2) is 7.32. The number of aryl methyl sites for hydroxylation is 1. The molecule has 1 saturated carbocycles. The van der Waals surface area contributed by atoms with E-state index in [1.54, 1.807) is 12.5 Å². The maximum absolute atomic E-state index is 6.15. The van der Waals surface area contributed by atoms with Crippen LogP contribution >= 0.6 is 0 Å². The molecule has 4 rings (SSSR count). The smallest absolute Gasteiger partial charge is 0.213 e. The number of pyridine rings is 1. The molecule has 0 unspecified atom stereocenters. The summed E-state index contributed by atoms with van der Waals surface area (Å²) in [7, 11) is 1.85. The van der Waals surface area contributed by atoms with Crippen molar-refractivity contribution in [1.29, 1.82) is 0 Å². The lowest BCUT2D eigenvalue weighted by molar-refractivity contribution is -0.0846. The highest BCUT2D eigenvalue weighted by Crippen LogP contribution is 2.43. The molecule has 0 N–H and O–H groups in total. The van der Waals surface area contributed by atoms with Crippen molar-refractivity contribution in [2.45, 2.75) is 63.4 Å². The average molecular weight is 357 g/mol. The summed E-state index contributed by atoms with van der Waals surface area (Å²) >= 11 is 0. The van der Waals surface area contributed by atoms with Crippen molar-refractivity contribution in [3.63, 3.8) is 0 Å². The largest absolute Gasteiger partial charge is 0.474 e. The van der Waals surface area contributed by atoms with Gasteiger partial charge in [-0.2, -0.15) is 5.10 Å². The summed E-state index contributed by atoms with van der Waals surface area (Å²) in [5.41, 5.74) is -0.0684. The molecular weight excluding hydrogens is 330 g/mol. The Bertz CT molecular complexity index is 722. The van der Waals surface area contributed by atoms with Gasteiger partial charge in [0.25, 0.3) is 0 Å². The summed E-state index contributed by atoms with van der Waals surface area (Å²) in [6.45, 7) is 4.76. The van der Waals surface area contributed by atoms with Crippen molar-refractivity contribution in [1.82, 2.24) is 24.6 Å². The van der Waals surface area contributed by atoms with Gasteiger partial charge in [-0.3, -0.25) is 4.90 Å². The SMILES string of the molecule is CCn1ncnc1CN1CC[C@]2(OC)CC[C@@H](Oc3ccccn3)C[C@H]12. The number of rotatable bonds is 6. The van der Waals surface area contributed by atoms with Crippen LogP contribution in [0, 0.1) is 0 Å². The van der Waals surface area contributed by atoms with Crippen LogP contribution in [0.1, 0.15) is 38.4 Å². The van der Waals surface area contributed by atoms with Gasteiger partial charge in [0.1, 0.15) is 18.3 Å². The number of nitrogens with zero attached hydrogens (tertiary/aromatic N) is 5. The lowest BCUT2D eigenvalue weighted by atomic mass is 9.79. The molecule has 1 aliphatic heterocycles. The Balaban J connectivity index is 1.49. The van der Waals surface area contributed by atoms with Crippen LogP contribution in [0.4, 0.5) is 0 Å². The summed E-state index contributed by atoms with van der Waals surface area (Å²) in [5, 5.41) is 4.30. The van der Waals surface area contributed by atoms with Crippen molar-refractivity contribution in [3.05, 3.63) is 36.5 Å². The van der Waals surface area contributed by atoms with Gasteiger partial charge in [-0.05, 0) is 32.3 Å². The van der Waals surface area contributed by atoms with Gasteiger partial charge in [0.15, 0.2) is 0 Å². The molecule has 26 heavy (non-hydrogen) atoms. The van der Waals surface area contributed by atoms with E-state index in [0.29, 0.717) is 11.9 Å². The van der Waals surface area contributed by atoms with Crippen LogP contribution < -0.4 is 4.74 Å². The van der Waals surface area contributed by atoms with Crippen molar-refractivity contribution in [2.75, 3.05) is 13.7 Å². The fraction of sp³-hybridized carbons (Fsp3) is 0.632. The number of likely N-dealkylation sites (tertiary alicyclic amines) is 1. The second-order valence-electron chi connectivity index (χ2n) is 7.18. The Morgan fingerprint density at radius 2 is 2.19 bits per heavy atom. The minimum absolute atomic E-state index is 0.0684. The van der Waals surface area contributed by atoms with E-state index in [2.05, 4.69) is 26.9 Å². The lowest BCUT2D eigenvalue weighted by Gasteiger charge is -2.43. The summed E-state index contributed by atoms with van der Waals surface area (Å²) in [6, 6.07) is 6.13. The van der Waals surface area contributed by atoms with Crippen molar-refractivity contribution >= 4 is 0 Å². The van der Waals surface area contributed by atoms with Gasteiger partial charge in [-0.1, -0.05) is 6.07 Å². The molecule has 7 heteroatoms. The van der Waals surface area contributed by atoms with Crippen molar-refractivity contribution in [2.24, 2.45) is 0 Å². The first-order valence-electron chi connectivity index (χ1n) is 9.47. The van der Waals surface area contributed by atoms with Gasteiger partial charge in [0.2, 0.25) is 5.88 Å². The zero-order chi connectivity index (χ0) is 18.0. The summed E-state index contributed by atoms with van der Waals surface area (Å²) in [6.07, 6.45) is 7.62. The minimum Gasteiger partial charge on any atom is -0.474 e. The third-order valence-electron chi connectivity index (χ3n) is 5.92. The normalized spacial score (nSPS) is 28.8. The molecule has 1 aliphatic carbocycles. The van der Waals surface area contributed by atoms with E-state index in [0.717, 1.165) is 51.1 Å². The first-order chi connectivity index (χ1) is 12.7. The molecule has 2 aromatic rings. The fourth-order valence-electron chi connectivity index (χ4n) is 4.50. The highest BCUT2D eigenvalue weighted by Gasteiger charge is 2.51. The molecule has 0 bridgehead atoms. The first kappa shape index (κ1) is 17.4. The Morgan fingerprint density at radius 3 is 2.96 bits per heavy atom. The number of fused-ring (bicyclic) bond motifs is 1. The Labute approximate surface area is 154 Å². The molecule has 3 atom stereocenters. The van der Waals surface area contributed by atoms with E-state index >= 15 is 0 Å². The highest BCUT2D eigenvalue weighted by molar-refractivity contribution is 5.12. The average Bonchev–Trinajstić information content (AvgIpc) is 3.28. The molecule has 2 fully saturated rings. The summed E-state index contributed by atoms with van der Waals surface area (Å²) in [4.78, 5) is 11.3. The van der Waals surface area contributed by atoms with Gasteiger partial charge in [0, 0.05) is 44.9 Å². The van der Waals surface area contributed by atoms with Crippen LogP contribution in [0.15, 0.2) is 30.7 Å². The Hall–Kier alpha value is -1.99. The molecule has 3 heterocycles. The third-order valence-corrected chi connectivity index (χ3v) is 5.92. The van der Waals surface area contributed by atoms with Gasteiger partial charge in [0.05, 0.1) is 12.1 Å². The van der Waals surface area contributed by atoms with Crippen LogP contribution in [0.25, 0.3) is 0 Å². The van der Waals surface area contributed by atoms with Crippen LogP contribution in [0.2, 0.25) is 0 Å². The van der Waals surface area contributed by atoms with Crippen LogP contribution in [-0.2, 0) is 17.8 Å². The van der Waals surface area contributed by atoms with Crippen molar-refractivity contribution < 1.29 is 9.47 Å². The molecule has 2 aliphatic rings. The molecule has 2 aromatic heterocycles. The van der Waals surface area contributed by atoms with E-state index in [-0.39, 0.29) is 11.7 Å². The highest BCUT2D eigenvalue weighted by atomic mass is 16.5. The predicted molar refractivity (Wildman–Crippen MR) is 96.8 cm³/mol. The van der Waals surface area contributed by atoms with Crippen LogP contribution in [0.5, 0.6) is 5.88 Å². The van der Waals surface area contributed by atoms with E-state index in [1.165, 1.54) is 0 Å². The molecule has 0 radical (unpaired) electrons. The molecule has 140 valence electrons. The third kappa shape index (κ3) is 3.21. The maximum Gasteiger partial charge on any atom is 0.213 e. The van der Waals surface area contributed by atoms with E-state index in [4.69, 9.17) is 9.47 Å². The van der Waals surface area contributed by atoms with Gasteiger partial charge < -0.3 is 9.47 Å². The number of ether oxygens (including phenoxy) is 2. The molecule has 0 aromatic carbocycles. The number of hydrogen-bond donors (Lipinski definition) is 0. The van der Waals surface area contributed by atoms with Gasteiger partial charge in [-0.15, -0.1) is 0 Å².